The van der Waals surface area contributed by atoms with Crippen LogP contribution in [0.3, 0.4) is 0 Å². The van der Waals surface area contributed by atoms with Crippen LogP contribution in [0.2, 0.25) is 0 Å². The number of primary amides is 1. The van der Waals surface area contributed by atoms with Crippen LogP contribution in [0.4, 0.5) is 4.39 Å². The van der Waals surface area contributed by atoms with Gasteiger partial charge in [-0.1, -0.05) is 12.1 Å². The first-order chi connectivity index (χ1) is 11.1. The number of H-pyrrole nitrogens is 1. The highest BCUT2D eigenvalue weighted by molar-refractivity contribution is 6.05. The Bertz CT molecular complexity index is 875. The summed E-state index contributed by atoms with van der Waals surface area (Å²) in [6.45, 7) is 0. The largest absolute Gasteiger partial charge is 0.368 e. The fourth-order valence-corrected chi connectivity index (χ4v) is 2.20. The quantitative estimate of drug-likeness (QED) is 0.668. The van der Waals surface area contributed by atoms with Gasteiger partial charge in [0.05, 0.1) is 5.39 Å². The van der Waals surface area contributed by atoms with Crippen molar-refractivity contribution < 1.29 is 14.0 Å². The Morgan fingerprint density at radius 2 is 1.96 bits per heavy atom. The smallest absolute Gasteiger partial charge is 0.270 e. The van der Waals surface area contributed by atoms with Crippen molar-refractivity contribution in [1.29, 1.82) is 0 Å². The minimum atomic E-state index is -1.09. The SMILES string of the molecule is NC(=O)C(NC(=O)c1[nH]nc2ncccc12)c1ccc(F)cc1. The van der Waals surface area contributed by atoms with E-state index in [0.717, 1.165) is 0 Å². The van der Waals surface area contributed by atoms with Gasteiger partial charge in [-0.05, 0) is 29.8 Å². The highest BCUT2D eigenvalue weighted by atomic mass is 19.1. The van der Waals surface area contributed by atoms with Crippen LogP contribution in [0.15, 0.2) is 42.6 Å². The number of nitrogens with two attached hydrogens (primary N) is 1. The standard InChI is InChI=1S/C15H12FN5O2/c16-9-5-3-8(4-6-9)11(13(17)22)19-15(23)12-10-2-1-7-18-14(10)21-20-12/h1-7,11H,(H2,17,22)(H,19,23)(H,18,20,21). The van der Waals surface area contributed by atoms with E-state index in [4.69, 9.17) is 5.73 Å². The molecule has 2 aromatic heterocycles. The zero-order valence-electron chi connectivity index (χ0n) is 11.8. The Balaban J connectivity index is 1.89. The number of hydrogen-bond donors (Lipinski definition) is 3. The van der Waals surface area contributed by atoms with Crippen molar-refractivity contribution in [3.63, 3.8) is 0 Å². The van der Waals surface area contributed by atoms with E-state index in [1.165, 1.54) is 24.3 Å². The average molecular weight is 313 g/mol. The Morgan fingerprint density at radius 1 is 1.22 bits per heavy atom. The lowest BCUT2D eigenvalue weighted by atomic mass is 10.1. The summed E-state index contributed by atoms with van der Waals surface area (Å²) < 4.78 is 13.0. The van der Waals surface area contributed by atoms with Crippen molar-refractivity contribution in [3.8, 4) is 0 Å². The summed E-state index contributed by atoms with van der Waals surface area (Å²) in [6, 6.07) is 7.41. The number of halogens is 1. The molecule has 8 heteroatoms. The molecule has 7 nitrogen and oxygen atoms in total. The molecule has 0 aliphatic heterocycles. The molecule has 1 aromatic carbocycles. The van der Waals surface area contributed by atoms with Crippen LogP contribution in [-0.4, -0.2) is 27.0 Å². The molecule has 3 aromatic rings. The lowest BCUT2D eigenvalue weighted by molar-refractivity contribution is -0.120. The maximum Gasteiger partial charge on any atom is 0.270 e. The van der Waals surface area contributed by atoms with E-state index in [0.29, 0.717) is 16.6 Å². The number of aromatic amines is 1. The van der Waals surface area contributed by atoms with Gasteiger partial charge in [-0.2, -0.15) is 5.10 Å². The van der Waals surface area contributed by atoms with Gasteiger partial charge in [0, 0.05) is 6.20 Å². The number of hydrogen-bond acceptors (Lipinski definition) is 4. The van der Waals surface area contributed by atoms with Gasteiger partial charge in [-0.25, -0.2) is 9.37 Å². The second kappa shape index (κ2) is 5.84. The lowest BCUT2D eigenvalue weighted by Crippen LogP contribution is -2.37. The summed E-state index contributed by atoms with van der Waals surface area (Å²) in [6.07, 6.45) is 1.55. The van der Waals surface area contributed by atoms with Crippen molar-refractivity contribution in [1.82, 2.24) is 20.5 Å². The summed E-state index contributed by atoms with van der Waals surface area (Å²) in [5, 5.41) is 9.53. The molecule has 0 spiro atoms. The lowest BCUT2D eigenvalue weighted by Gasteiger charge is -2.15. The first kappa shape index (κ1) is 14.6. The third-order valence-electron chi connectivity index (χ3n) is 3.32. The van der Waals surface area contributed by atoms with Crippen molar-refractivity contribution >= 4 is 22.8 Å². The van der Waals surface area contributed by atoms with E-state index in [-0.39, 0.29) is 5.69 Å². The first-order valence-corrected chi connectivity index (χ1v) is 6.71. The van der Waals surface area contributed by atoms with Crippen LogP contribution in [0, 0.1) is 5.82 Å². The summed E-state index contributed by atoms with van der Waals surface area (Å²) in [7, 11) is 0. The normalized spacial score (nSPS) is 12.0. The molecular formula is C15H12FN5O2. The van der Waals surface area contributed by atoms with E-state index in [9.17, 15) is 14.0 Å². The minimum absolute atomic E-state index is 0.168. The number of carbonyl (C=O) groups excluding carboxylic acids is 2. The zero-order valence-corrected chi connectivity index (χ0v) is 11.8. The van der Waals surface area contributed by atoms with Gasteiger partial charge < -0.3 is 11.1 Å². The maximum absolute atomic E-state index is 13.0. The molecule has 116 valence electrons. The minimum Gasteiger partial charge on any atom is -0.368 e. The fraction of sp³-hybridized carbons (Fsp3) is 0.0667. The molecule has 0 aliphatic rings. The number of nitrogens with zero attached hydrogens (tertiary/aromatic N) is 2. The number of benzene rings is 1. The van der Waals surface area contributed by atoms with Crippen molar-refractivity contribution in [2.45, 2.75) is 6.04 Å². The number of rotatable bonds is 4. The average Bonchev–Trinajstić information content (AvgIpc) is 2.97. The maximum atomic E-state index is 13.0. The Morgan fingerprint density at radius 3 is 2.65 bits per heavy atom. The van der Waals surface area contributed by atoms with Crippen molar-refractivity contribution in [2.24, 2.45) is 5.73 Å². The van der Waals surface area contributed by atoms with E-state index in [1.807, 2.05) is 0 Å². The number of carbonyl (C=O) groups is 2. The number of aromatic nitrogens is 3. The second-order valence-corrected chi connectivity index (χ2v) is 4.83. The van der Waals surface area contributed by atoms with Crippen LogP contribution in [0.1, 0.15) is 22.1 Å². The molecule has 4 N–H and O–H groups in total. The molecule has 0 fully saturated rings. The first-order valence-electron chi connectivity index (χ1n) is 6.71. The molecular weight excluding hydrogens is 301 g/mol. The summed E-state index contributed by atoms with van der Waals surface area (Å²) in [4.78, 5) is 28.0. The van der Waals surface area contributed by atoms with E-state index in [2.05, 4.69) is 20.5 Å². The predicted octanol–water partition coefficient (Wildman–Crippen LogP) is 1.05. The van der Waals surface area contributed by atoms with Gasteiger partial charge in [-0.15, -0.1) is 0 Å². The van der Waals surface area contributed by atoms with Gasteiger partial charge in [-0.3, -0.25) is 14.7 Å². The molecule has 1 unspecified atom stereocenters. The highest BCUT2D eigenvalue weighted by Gasteiger charge is 2.23. The van der Waals surface area contributed by atoms with E-state index < -0.39 is 23.7 Å². The zero-order chi connectivity index (χ0) is 16.4. The summed E-state index contributed by atoms with van der Waals surface area (Å²) >= 11 is 0. The van der Waals surface area contributed by atoms with Crippen LogP contribution in [-0.2, 0) is 4.79 Å². The molecule has 0 aliphatic carbocycles. The predicted molar refractivity (Wildman–Crippen MR) is 79.7 cm³/mol. The monoisotopic (exact) mass is 313 g/mol. The number of amides is 2. The second-order valence-electron chi connectivity index (χ2n) is 4.83. The van der Waals surface area contributed by atoms with Crippen LogP contribution in [0.25, 0.3) is 11.0 Å². The summed E-state index contributed by atoms with van der Waals surface area (Å²) in [5.74, 6) is -1.77. The van der Waals surface area contributed by atoms with Crippen LogP contribution < -0.4 is 11.1 Å². The van der Waals surface area contributed by atoms with E-state index >= 15 is 0 Å². The molecule has 2 heterocycles. The van der Waals surface area contributed by atoms with Crippen LogP contribution in [0.5, 0.6) is 0 Å². The molecule has 2 amide bonds. The highest BCUT2D eigenvalue weighted by Crippen LogP contribution is 2.17. The molecule has 0 saturated carbocycles. The van der Waals surface area contributed by atoms with E-state index in [1.54, 1.807) is 18.3 Å². The summed E-state index contributed by atoms with van der Waals surface area (Å²) in [5.41, 5.74) is 6.27. The van der Waals surface area contributed by atoms with Gasteiger partial charge in [0.1, 0.15) is 17.6 Å². The molecule has 0 bridgehead atoms. The Kier molecular flexibility index (Phi) is 3.71. The van der Waals surface area contributed by atoms with Gasteiger partial charge in [0.2, 0.25) is 5.91 Å². The molecule has 0 saturated heterocycles. The topological polar surface area (TPSA) is 114 Å². The van der Waals surface area contributed by atoms with Crippen molar-refractivity contribution in [3.05, 3.63) is 59.7 Å². The number of pyridine rings is 1. The Labute approximate surface area is 129 Å². The Hall–Kier alpha value is -3.29. The fourth-order valence-electron chi connectivity index (χ4n) is 2.20. The van der Waals surface area contributed by atoms with Crippen molar-refractivity contribution in [2.75, 3.05) is 0 Å². The number of nitrogens with one attached hydrogen (secondary N) is 2. The number of fused-ring (bicyclic) bond motifs is 1. The third-order valence-corrected chi connectivity index (χ3v) is 3.32. The van der Waals surface area contributed by atoms with Gasteiger partial charge in [0.15, 0.2) is 5.65 Å². The molecule has 3 rings (SSSR count). The van der Waals surface area contributed by atoms with Gasteiger partial charge >= 0.3 is 0 Å². The molecule has 1 atom stereocenters. The van der Waals surface area contributed by atoms with Crippen LogP contribution >= 0.6 is 0 Å². The molecule has 0 radical (unpaired) electrons. The third kappa shape index (κ3) is 2.86. The molecule has 23 heavy (non-hydrogen) atoms. The van der Waals surface area contributed by atoms with Gasteiger partial charge in [0.25, 0.3) is 5.91 Å².